The number of aliphatic hydroxyl groups excluding tert-OH is 3. The van der Waals surface area contributed by atoms with Gasteiger partial charge in [-0.15, -0.1) is 0 Å². The molecular formula is C27H28O14. The van der Waals surface area contributed by atoms with E-state index in [1.165, 1.54) is 12.1 Å². The lowest BCUT2D eigenvalue weighted by atomic mass is 9.99. The maximum absolute atomic E-state index is 13.3. The number of fused-ring (bicyclic) bond motifs is 1. The molecule has 1 aliphatic heterocycles. The Bertz CT molecular complexity index is 1510. The summed E-state index contributed by atoms with van der Waals surface area (Å²) >= 11 is 0. The van der Waals surface area contributed by atoms with E-state index in [0.717, 1.165) is 6.07 Å². The molecule has 0 amide bonds. The highest BCUT2D eigenvalue weighted by atomic mass is 16.7. The van der Waals surface area contributed by atoms with Gasteiger partial charge in [-0.25, -0.2) is 4.79 Å². The second-order valence-electron chi connectivity index (χ2n) is 9.46. The highest BCUT2D eigenvalue weighted by molar-refractivity contribution is 5.76. The van der Waals surface area contributed by atoms with Gasteiger partial charge in [0.2, 0.25) is 17.5 Å². The number of hydrogen-bond acceptors (Lipinski definition) is 12. The number of aliphatic carboxylic acids is 2. The first-order valence-corrected chi connectivity index (χ1v) is 12.7. The Labute approximate surface area is 230 Å². The molecule has 2 heterocycles. The van der Waals surface area contributed by atoms with Gasteiger partial charge in [-0.3, -0.25) is 14.4 Å². The Morgan fingerprint density at radius 2 is 1.66 bits per heavy atom. The molecule has 1 aromatic heterocycles. The minimum atomic E-state index is -1.93. The second-order valence-corrected chi connectivity index (χ2v) is 9.46. The molecule has 220 valence electrons. The average Bonchev–Trinajstić information content (AvgIpc) is 2.93. The van der Waals surface area contributed by atoms with E-state index in [1.807, 2.05) is 0 Å². The summed E-state index contributed by atoms with van der Waals surface area (Å²) in [5.74, 6) is -4.91. The topological polar surface area (TPSA) is 230 Å². The molecule has 1 aliphatic carbocycles. The van der Waals surface area contributed by atoms with Gasteiger partial charge in [0.25, 0.3) is 0 Å². The molecule has 0 bridgehead atoms. The van der Waals surface area contributed by atoms with Crippen molar-refractivity contribution < 1.29 is 63.7 Å². The molecule has 4 rings (SSSR count). The summed E-state index contributed by atoms with van der Waals surface area (Å²) in [5, 5.41) is 58.8. The number of carboxylic acids is 2. The van der Waals surface area contributed by atoms with Gasteiger partial charge in [-0.05, 0) is 50.0 Å². The number of hydrogen-bond donors (Lipinski definition) is 6. The van der Waals surface area contributed by atoms with E-state index < -0.39 is 65.5 Å². The van der Waals surface area contributed by atoms with Crippen LogP contribution >= 0.6 is 0 Å². The predicted octanol–water partition coefficient (Wildman–Crippen LogP) is -0.811. The number of esters is 1. The van der Waals surface area contributed by atoms with E-state index in [2.05, 4.69) is 0 Å². The molecule has 0 spiro atoms. The van der Waals surface area contributed by atoms with E-state index in [-0.39, 0.29) is 53.4 Å². The Morgan fingerprint density at radius 1 is 0.951 bits per heavy atom. The number of ether oxygens (including phenoxy) is 3. The molecule has 1 fully saturated rings. The molecule has 41 heavy (non-hydrogen) atoms. The second kappa shape index (κ2) is 12.5. The molecule has 2 aliphatic rings. The Hall–Kier alpha value is -4.24. The Kier molecular flexibility index (Phi) is 9.08. The van der Waals surface area contributed by atoms with E-state index in [4.69, 9.17) is 23.7 Å². The highest BCUT2D eigenvalue weighted by Gasteiger charge is 2.48. The monoisotopic (exact) mass is 576 g/mol. The predicted molar refractivity (Wildman–Crippen MR) is 136 cm³/mol. The van der Waals surface area contributed by atoms with Gasteiger partial charge < -0.3 is 49.3 Å². The number of aliphatic hydroxyl groups is 3. The number of phenolic OH excluding ortho intramolecular Hbond substituents is 1. The maximum Gasteiger partial charge on any atom is 0.335 e. The summed E-state index contributed by atoms with van der Waals surface area (Å²) in [4.78, 5) is 47.8. The van der Waals surface area contributed by atoms with Crippen molar-refractivity contribution in [2.24, 2.45) is 0 Å². The van der Waals surface area contributed by atoms with Crippen LogP contribution in [0.3, 0.4) is 0 Å². The van der Waals surface area contributed by atoms with Crippen LogP contribution in [0.25, 0.3) is 23.5 Å². The number of rotatable bonds is 10. The van der Waals surface area contributed by atoms with Crippen molar-refractivity contribution in [3.8, 4) is 28.6 Å². The molecule has 0 saturated carbocycles. The van der Waals surface area contributed by atoms with Crippen LogP contribution < -0.4 is 25.5 Å². The van der Waals surface area contributed by atoms with Crippen LogP contribution in [0.15, 0.2) is 27.4 Å². The lowest BCUT2D eigenvalue weighted by Crippen LogP contribution is -2.61. The summed E-state index contributed by atoms with van der Waals surface area (Å²) in [6.45, 7) is 0. The van der Waals surface area contributed by atoms with E-state index in [0.29, 0.717) is 12.8 Å². The maximum atomic E-state index is 13.3. The first-order valence-electron chi connectivity index (χ1n) is 12.7. The molecule has 14 nitrogen and oxygen atoms in total. The zero-order valence-corrected chi connectivity index (χ0v) is 21.5. The Morgan fingerprint density at radius 3 is 2.34 bits per heavy atom. The third-order valence-corrected chi connectivity index (χ3v) is 6.49. The fourth-order valence-corrected chi connectivity index (χ4v) is 4.36. The normalized spacial score (nSPS) is 23.4. The van der Waals surface area contributed by atoms with Crippen LogP contribution in [0.5, 0.6) is 17.2 Å². The molecule has 5 atom stereocenters. The van der Waals surface area contributed by atoms with Crippen molar-refractivity contribution in [1.82, 2.24) is 0 Å². The van der Waals surface area contributed by atoms with Crippen molar-refractivity contribution in [2.45, 2.75) is 69.2 Å². The minimum absolute atomic E-state index is 0.0892. The zero-order chi connectivity index (χ0) is 29.8. The summed E-state index contributed by atoms with van der Waals surface area (Å²) < 4.78 is 21.7. The average molecular weight is 577 g/mol. The van der Waals surface area contributed by atoms with Gasteiger partial charge in [-0.1, -0.05) is 6.08 Å². The molecule has 0 radical (unpaired) electrons. The number of carboxylic acid groups (broad SMARTS) is 2. The third kappa shape index (κ3) is 6.57. The van der Waals surface area contributed by atoms with E-state index in [1.54, 1.807) is 12.2 Å². The number of carbonyl (C=O) groups excluding carboxylic acids is 1. The molecule has 2 aromatic rings. The van der Waals surface area contributed by atoms with Gasteiger partial charge in [0.05, 0.1) is 5.22 Å². The minimum Gasteiger partial charge on any atom is -0.504 e. The van der Waals surface area contributed by atoms with Gasteiger partial charge >= 0.3 is 17.9 Å². The van der Waals surface area contributed by atoms with Crippen molar-refractivity contribution in [3.05, 3.63) is 39.1 Å². The zero-order valence-electron chi connectivity index (χ0n) is 21.5. The van der Waals surface area contributed by atoms with E-state index in [9.17, 15) is 44.7 Å². The first kappa shape index (κ1) is 29.7. The van der Waals surface area contributed by atoms with Crippen molar-refractivity contribution in [1.29, 1.82) is 0 Å². The summed E-state index contributed by atoms with van der Waals surface area (Å²) in [7, 11) is 0. The molecule has 1 saturated heterocycles. The van der Waals surface area contributed by atoms with Crippen LogP contribution in [-0.2, 0) is 19.1 Å². The lowest BCUT2D eigenvalue weighted by molar-refractivity contribution is -0.271. The quantitative estimate of drug-likeness (QED) is 0.150. The summed E-state index contributed by atoms with van der Waals surface area (Å²) in [6, 6.07) is 3.61. The number of phenols is 1. The fourth-order valence-electron chi connectivity index (χ4n) is 4.36. The fraction of sp³-hybridized carbons (Fsp3) is 0.407. The molecule has 6 N–H and O–H groups in total. The molecule has 5 unspecified atom stereocenters. The van der Waals surface area contributed by atoms with Crippen molar-refractivity contribution >= 4 is 30.1 Å². The van der Waals surface area contributed by atoms with Crippen LogP contribution in [0.4, 0.5) is 0 Å². The van der Waals surface area contributed by atoms with Crippen molar-refractivity contribution in [3.63, 3.8) is 0 Å². The lowest BCUT2D eigenvalue weighted by Gasteiger charge is -2.38. The molecule has 14 heteroatoms. The largest absolute Gasteiger partial charge is 0.504 e. The third-order valence-electron chi connectivity index (χ3n) is 6.49. The summed E-state index contributed by atoms with van der Waals surface area (Å²) in [6.07, 6.45) is -4.76. The van der Waals surface area contributed by atoms with Crippen LogP contribution in [0.1, 0.15) is 38.5 Å². The standard InChI is InChI=1S/C27H28O14/c28-14-11-12(9-10-16(14)39-27-22(35)20(33)21(34)25(41-27)26(36)37)23-24(40-18(31)8-4-3-7-17(29)30)19(32)13-5-1-2-6-15(13)38-23/h5-6,9-11,20-22,25,27-28,33-35H,1-4,7-8H2,(H,29,30)(H,36,37). The number of aromatic hydroxyl groups is 1. The highest BCUT2D eigenvalue weighted by Crippen LogP contribution is 2.36. The SMILES string of the molecule is O=C(O)CCCCC(=O)Oc1c(-c2ccc(OC3OC(C(=O)O)C(O)C(O)C3O)c(O)c2)oc2c(c1=O)=CCCC=2. The number of unbranched alkanes of at least 4 members (excludes halogenated alkanes) is 1. The van der Waals surface area contributed by atoms with Gasteiger partial charge in [0.15, 0.2) is 23.4 Å². The number of benzene rings is 1. The van der Waals surface area contributed by atoms with Crippen LogP contribution in [-0.4, -0.2) is 79.3 Å². The van der Waals surface area contributed by atoms with Crippen molar-refractivity contribution in [2.75, 3.05) is 0 Å². The van der Waals surface area contributed by atoms with Gasteiger partial charge in [0, 0.05) is 18.4 Å². The van der Waals surface area contributed by atoms with Crippen LogP contribution in [0, 0.1) is 0 Å². The molecular weight excluding hydrogens is 548 g/mol. The van der Waals surface area contributed by atoms with Gasteiger partial charge in [0.1, 0.15) is 23.7 Å². The van der Waals surface area contributed by atoms with Crippen LogP contribution in [0.2, 0.25) is 0 Å². The summed E-state index contributed by atoms with van der Waals surface area (Å²) in [5.41, 5.74) is -0.295. The van der Waals surface area contributed by atoms with E-state index >= 15 is 0 Å². The Balaban J connectivity index is 1.63. The smallest absolute Gasteiger partial charge is 0.335 e. The first-order chi connectivity index (χ1) is 19.5. The molecule has 1 aromatic carbocycles. The number of carbonyl (C=O) groups is 3. The van der Waals surface area contributed by atoms with Gasteiger partial charge in [-0.2, -0.15) is 0 Å².